The minimum Gasteiger partial charge on any atom is -0.393 e. The number of methoxy groups -OCH3 is 1. The lowest BCUT2D eigenvalue weighted by Gasteiger charge is -2.50. The van der Waals surface area contributed by atoms with Gasteiger partial charge in [0.1, 0.15) is 11.7 Å². The van der Waals surface area contributed by atoms with E-state index < -0.39 is 41.6 Å². The van der Waals surface area contributed by atoms with Crippen molar-refractivity contribution >= 4 is 11.8 Å². The Morgan fingerprint density at radius 3 is 2.64 bits per heavy atom. The van der Waals surface area contributed by atoms with E-state index in [4.69, 9.17) is 9.47 Å². The number of nitrogens with one attached hydrogen (secondary N) is 2. The molecule has 124 valence electrons. The lowest BCUT2D eigenvalue weighted by Crippen LogP contribution is -2.82. The molecule has 2 amide bonds. The van der Waals surface area contributed by atoms with Crippen molar-refractivity contribution in [3.63, 3.8) is 0 Å². The fourth-order valence-electron chi connectivity index (χ4n) is 2.57. The van der Waals surface area contributed by atoms with Crippen LogP contribution in [0.1, 0.15) is 13.3 Å². The molecule has 5 N–H and O–H groups in total. The zero-order chi connectivity index (χ0) is 16.8. The van der Waals surface area contributed by atoms with Gasteiger partial charge in [0, 0.05) is 7.11 Å². The Balaban J connectivity index is 2.49. The fourth-order valence-corrected chi connectivity index (χ4v) is 2.57. The van der Waals surface area contributed by atoms with E-state index >= 15 is 0 Å². The second-order valence-electron chi connectivity index (χ2n) is 5.65. The van der Waals surface area contributed by atoms with Gasteiger partial charge in [-0.05, 0) is 18.9 Å². The maximum absolute atomic E-state index is 12.5. The summed E-state index contributed by atoms with van der Waals surface area (Å²) in [6.07, 6.45) is -1.72. The van der Waals surface area contributed by atoms with Crippen molar-refractivity contribution in [3.8, 4) is 0 Å². The van der Waals surface area contributed by atoms with Crippen LogP contribution in [0.3, 0.4) is 0 Å². The van der Waals surface area contributed by atoms with Gasteiger partial charge in [-0.15, -0.1) is 0 Å². The normalized spacial score (nSPS) is 36.0. The molecule has 3 aliphatic rings. The predicted octanol–water partition coefficient (Wildman–Crippen LogP) is -2.65. The van der Waals surface area contributed by atoms with Crippen LogP contribution < -0.4 is 10.6 Å². The number of hydrogen-bond acceptors (Lipinski definition) is 7. The maximum Gasteiger partial charge on any atom is 0.280 e. The third kappa shape index (κ3) is 2.13. The van der Waals surface area contributed by atoms with Crippen LogP contribution in [0.4, 0.5) is 0 Å². The first-order chi connectivity index (χ1) is 10.2. The molecule has 3 saturated heterocycles. The predicted molar refractivity (Wildman–Crippen MR) is 72.2 cm³/mol. The Labute approximate surface area is 126 Å². The molecular formula is C13H20N2O7. The van der Waals surface area contributed by atoms with E-state index in [-0.39, 0.29) is 18.6 Å². The molecule has 4 atom stereocenters. The van der Waals surface area contributed by atoms with Crippen molar-refractivity contribution in [2.45, 2.75) is 36.5 Å². The van der Waals surface area contributed by atoms with Gasteiger partial charge in [-0.1, -0.05) is 6.58 Å². The van der Waals surface area contributed by atoms with Crippen molar-refractivity contribution in [3.05, 3.63) is 12.2 Å². The van der Waals surface area contributed by atoms with Gasteiger partial charge in [-0.2, -0.15) is 0 Å². The molecule has 9 heteroatoms. The topological polar surface area (TPSA) is 137 Å². The zero-order valence-corrected chi connectivity index (χ0v) is 12.4. The molecule has 0 radical (unpaired) electrons. The average Bonchev–Trinajstić information content (AvgIpc) is 2.47. The number of piperazine rings is 1. The number of amides is 2. The smallest absolute Gasteiger partial charge is 0.280 e. The summed E-state index contributed by atoms with van der Waals surface area (Å²) in [7, 11) is 1.24. The Kier molecular flexibility index (Phi) is 4.05. The summed E-state index contributed by atoms with van der Waals surface area (Å²) in [5.41, 5.74) is -5.77. The van der Waals surface area contributed by atoms with Crippen molar-refractivity contribution in [2.24, 2.45) is 0 Å². The molecule has 0 spiro atoms. The molecule has 22 heavy (non-hydrogen) atoms. The minimum atomic E-state index is -2.23. The molecule has 0 aromatic rings. The number of aliphatic hydroxyl groups is 3. The summed E-state index contributed by atoms with van der Waals surface area (Å²) in [6, 6.07) is 0. The van der Waals surface area contributed by atoms with Gasteiger partial charge in [0.15, 0.2) is 0 Å². The van der Waals surface area contributed by atoms with Gasteiger partial charge >= 0.3 is 0 Å². The van der Waals surface area contributed by atoms with E-state index in [0.717, 1.165) is 6.92 Å². The average molecular weight is 316 g/mol. The lowest BCUT2D eigenvalue weighted by molar-refractivity contribution is -0.231. The van der Waals surface area contributed by atoms with E-state index in [1.54, 1.807) is 0 Å². The monoisotopic (exact) mass is 316 g/mol. The summed E-state index contributed by atoms with van der Waals surface area (Å²) in [5, 5.41) is 34.2. The Morgan fingerprint density at radius 2 is 2.09 bits per heavy atom. The molecule has 3 rings (SSSR count). The molecule has 3 fully saturated rings. The van der Waals surface area contributed by atoms with Crippen LogP contribution in [0, 0.1) is 0 Å². The summed E-state index contributed by atoms with van der Waals surface area (Å²) in [6.45, 7) is 3.95. The van der Waals surface area contributed by atoms with Crippen LogP contribution in [0.25, 0.3) is 0 Å². The van der Waals surface area contributed by atoms with Crippen LogP contribution >= 0.6 is 0 Å². The van der Waals surface area contributed by atoms with E-state index in [1.165, 1.54) is 7.11 Å². The van der Waals surface area contributed by atoms with Crippen molar-refractivity contribution in [1.82, 2.24) is 10.6 Å². The van der Waals surface area contributed by atoms with E-state index in [1.807, 2.05) is 0 Å². The van der Waals surface area contributed by atoms with Gasteiger partial charge in [-0.3, -0.25) is 9.59 Å². The summed E-state index contributed by atoms with van der Waals surface area (Å²) in [4.78, 5) is 24.9. The van der Waals surface area contributed by atoms with Gasteiger partial charge < -0.3 is 35.4 Å². The van der Waals surface area contributed by atoms with Gasteiger partial charge in [0.2, 0.25) is 5.72 Å². The van der Waals surface area contributed by atoms with Crippen molar-refractivity contribution < 1.29 is 34.4 Å². The summed E-state index contributed by atoms with van der Waals surface area (Å²) < 4.78 is 10.5. The van der Waals surface area contributed by atoms with Crippen LogP contribution in [-0.2, 0) is 19.1 Å². The van der Waals surface area contributed by atoms with Crippen molar-refractivity contribution in [1.29, 1.82) is 0 Å². The molecule has 3 heterocycles. The van der Waals surface area contributed by atoms with Crippen molar-refractivity contribution in [2.75, 3.05) is 20.3 Å². The lowest BCUT2D eigenvalue weighted by atomic mass is 9.85. The maximum atomic E-state index is 12.5. The number of rotatable bonds is 4. The molecule has 0 aromatic heterocycles. The number of ether oxygens (including phenoxy) is 2. The molecular weight excluding hydrogens is 296 g/mol. The molecule has 0 aliphatic carbocycles. The van der Waals surface area contributed by atoms with E-state index in [2.05, 4.69) is 17.2 Å². The van der Waals surface area contributed by atoms with Crippen LogP contribution in [0.2, 0.25) is 0 Å². The SMILES string of the molecule is C=C1CCO[C@]2([C@@H](O)[C@@](C)(O)CO)NC(=O)[C@@]1(OC)NC2=O. The summed E-state index contributed by atoms with van der Waals surface area (Å²) >= 11 is 0. The first-order valence-electron chi connectivity index (χ1n) is 6.70. The highest BCUT2D eigenvalue weighted by Crippen LogP contribution is 2.34. The highest BCUT2D eigenvalue weighted by atomic mass is 16.6. The highest BCUT2D eigenvalue weighted by molar-refractivity contribution is 6.03. The Morgan fingerprint density at radius 1 is 1.45 bits per heavy atom. The third-order valence-corrected chi connectivity index (χ3v) is 4.08. The van der Waals surface area contributed by atoms with Crippen LogP contribution in [-0.4, -0.2) is 70.6 Å². The Hall–Kier alpha value is -1.52. The number of carbonyl (C=O) groups is 2. The molecule has 2 bridgehead atoms. The molecule has 3 aliphatic heterocycles. The summed E-state index contributed by atoms with van der Waals surface area (Å²) in [5.74, 6) is -1.69. The largest absolute Gasteiger partial charge is 0.393 e. The minimum absolute atomic E-state index is 0.0454. The first-order valence-corrected chi connectivity index (χ1v) is 6.70. The molecule has 0 aromatic carbocycles. The van der Waals surface area contributed by atoms with E-state index in [9.17, 15) is 24.9 Å². The first kappa shape index (κ1) is 16.8. The second-order valence-corrected chi connectivity index (χ2v) is 5.65. The number of fused-ring (bicyclic) bond motifs is 5. The van der Waals surface area contributed by atoms with E-state index in [0.29, 0.717) is 0 Å². The Bertz CT molecular complexity index is 521. The highest BCUT2D eigenvalue weighted by Gasteiger charge is 2.63. The number of carbonyl (C=O) groups excluding carboxylic acids is 2. The van der Waals surface area contributed by atoms with Crippen LogP contribution in [0.5, 0.6) is 0 Å². The van der Waals surface area contributed by atoms with Gasteiger partial charge in [-0.25, -0.2) is 0 Å². The second kappa shape index (κ2) is 5.28. The zero-order valence-electron chi connectivity index (χ0n) is 12.4. The number of hydrogen-bond donors (Lipinski definition) is 5. The third-order valence-electron chi connectivity index (χ3n) is 4.08. The van der Waals surface area contributed by atoms with Gasteiger partial charge in [0.25, 0.3) is 17.5 Å². The molecule has 9 nitrogen and oxygen atoms in total. The quantitative estimate of drug-likeness (QED) is 0.357. The standard InChI is InChI=1S/C13H20N2O7/c1-7-4-5-22-13(8(17)11(2,20)6-16)10(19)14-12(7,21-3)9(18)15-13/h8,16-17,20H,1,4-6H2,2-3H3,(H,14,19)(H,15,18)/t8-,11-,12+,13-/m0/s1. The van der Waals surface area contributed by atoms with Crippen LogP contribution in [0.15, 0.2) is 12.2 Å². The molecule has 0 unspecified atom stereocenters. The fraction of sp³-hybridized carbons (Fsp3) is 0.692. The molecule has 0 saturated carbocycles. The van der Waals surface area contributed by atoms with Gasteiger partial charge in [0.05, 0.1) is 13.2 Å². The number of aliphatic hydroxyl groups excluding tert-OH is 2.